The maximum absolute atomic E-state index is 12.1. The van der Waals surface area contributed by atoms with Crippen LogP contribution in [0.25, 0.3) is 0 Å². The Morgan fingerprint density at radius 2 is 2.17 bits per heavy atom. The third kappa shape index (κ3) is 3.95. The van der Waals surface area contributed by atoms with Gasteiger partial charge in [-0.1, -0.05) is 6.42 Å². The van der Waals surface area contributed by atoms with E-state index in [4.69, 9.17) is 0 Å². The number of carbonyl (C=O) groups excluding carboxylic acids is 1. The summed E-state index contributed by atoms with van der Waals surface area (Å²) in [7, 11) is 0. The standard InChI is InChI=1S/C14H26N2O2/c1-10-7-12(5-6-15-10)14(18)16-9-11-3-2-4-13(17)8-11/h10-13,15,17H,2-9H2,1H3,(H,16,18). The van der Waals surface area contributed by atoms with Crippen molar-refractivity contribution in [3.05, 3.63) is 0 Å². The number of hydrogen-bond donors (Lipinski definition) is 3. The molecule has 3 N–H and O–H groups in total. The molecule has 1 saturated heterocycles. The van der Waals surface area contributed by atoms with Crippen LogP contribution in [0.5, 0.6) is 0 Å². The quantitative estimate of drug-likeness (QED) is 0.705. The van der Waals surface area contributed by atoms with E-state index in [9.17, 15) is 9.90 Å². The number of piperidine rings is 1. The van der Waals surface area contributed by atoms with Crippen molar-refractivity contribution in [2.75, 3.05) is 13.1 Å². The molecule has 18 heavy (non-hydrogen) atoms. The molecule has 1 aliphatic heterocycles. The number of amides is 1. The Labute approximate surface area is 110 Å². The van der Waals surface area contributed by atoms with Gasteiger partial charge in [0.1, 0.15) is 0 Å². The lowest BCUT2D eigenvalue weighted by atomic mass is 9.87. The highest BCUT2D eigenvalue weighted by Gasteiger charge is 2.26. The third-order valence-corrected chi connectivity index (χ3v) is 4.31. The van der Waals surface area contributed by atoms with Crippen LogP contribution in [0.15, 0.2) is 0 Å². The van der Waals surface area contributed by atoms with Crippen molar-refractivity contribution >= 4 is 5.91 Å². The summed E-state index contributed by atoms with van der Waals surface area (Å²) in [6, 6.07) is 0.450. The molecule has 1 heterocycles. The van der Waals surface area contributed by atoms with Gasteiger partial charge in [0.15, 0.2) is 0 Å². The van der Waals surface area contributed by atoms with Gasteiger partial charge < -0.3 is 15.7 Å². The third-order valence-electron chi connectivity index (χ3n) is 4.31. The summed E-state index contributed by atoms with van der Waals surface area (Å²) in [5.41, 5.74) is 0. The molecule has 0 bridgehead atoms. The molecule has 4 heteroatoms. The van der Waals surface area contributed by atoms with Crippen LogP contribution >= 0.6 is 0 Å². The Morgan fingerprint density at radius 1 is 1.33 bits per heavy atom. The van der Waals surface area contributed by atoms with E-state index in [0.29, 0.717) is 12.0 Å². The molecule has 104 valence electrons. The second kappa shape index (κ2) is 6.53. The van der Waals surface area contributed by atoms with Gasteiger partial charge in [-0.05, 0) is 51.5 Å². The van der Waals surface area contributed by atoms with Gasteiger partial charge in [-0.15, -0.1) is 0 Å². The number of aliphatic hydroxyl groups excluding tert-OH is 1. The summed E-state index contributed by atoms with van der Waals surface area (Å²) < 4.78 is 0. The summed E-state index contributed by atoms with van der Waals surface area (Å²) in [6.45, 7) is 3.83. The van der Waals surface area contributed by atoms with E-state index in [1.165, 1.54) is 0 Å². The van der Waals surface area contributed by atoms with Crippen LogP contribution in [0.4, 0.5) is 0 Å². The van der Waals surface area contributed by atoms with Crippen LogP contribution in [0, 0.1) is 11.8 Å². The van der Waals surface area contributed by atoms with E-state index in [1.54, 1.807) is 0 Å². The Kier molecular flexibility index (Phi) is 5.01. The molecule has 4 atom stereocenters. The second-order valence-corrected chi connectivity index (χ2v) is 6.01. The zero-order valence-electron chi connectivity index (χ0n) is 11.3. The minimum Gasteiger partial charge on any atom is -0.393 e. The Morgan fingerprint density at radius 3 is 2.89 bits per heavy atom. The zero-order valence-corrected chi connectivity index (χ0v) is 11.3. The molecular weight excluding hydrogens is 228 g/mol. The fourth-order valence-corrected chi connectivity index (χ4v) is 3.21. The number of carbonyl (C=O) groups is 1. The van der Waals surface area contributed by atoms with Crippen molar-refractivity contribution in [1.29, 1.82) is 0 Å². The summed E-state index contributed by atoms with van der Waals surface area (Å²) in [5, 5.41) is 16.1. The highest BCUT2D eigenvalue weighted by Crippen LogP contribution is 2.24. The molecule has 0 aromatic rings. The van der Waals surface area contributed by atoms with Crippen molar-refractivity contribution in [3.63, 3.8) is 0 Å². The Hall–Kier alpha value is -0.610. The van der Waals surface area contributed by atoms with Gasteiger partial charge in [0.25, 0.3) is 0 Å². The first kappa shape index (κ1) is 13.8. The molecule has 0 radical (unpaired) electrons. The van der Waals surface area contributed by atoms with Crippen molar-refractivity contribution in [3.8, 4) is 0 Å². The molecule has 2 fully saturated rings. The van der Waals surface area contributed by atoms with Crippen LogP contribution in [0.1, 0.15) is 45.4 Å². The van der Waals surface area contributed by atoms with E-state index in [1.807, 2.05) is 0 Å². The van der Waals surface area contributed by atoms with E-state index in [-0.39, 0.29) is 17.9 Å². The largest absolute Gasteiger partial charge is 0.393 e. The van der Waals surface area contributed by atoms with E-state index < -0.39 is 0 Å². The number of nitrogens with one attached hydrogen (secondary N) is 2. The molecule has 4 unspecified atom stereocenters. The van der Waals surface area contributed by atoms with Gasteiger partial charge in [-0.25, -0.2) is 0 Å². The fourth-order valence-electron chi connectivity index (χ4n) is 3.21. The lowest BCUT2D eigenvalue weighted by molar-refractivity contribution is -0.126. The maximum Gasteiger partial charge on any atom is 0.223 e. The van der Waals surface area contributed by atoms with Crippen LogP contribution in [-0.4, -0.2) is 36.2 Å². The van der Waals surface area contributed by atoms with Crippen molar-refractivity contribution < 1.29 is 9.90 Å². The van der Waals surface area contributed by atoms with E-state index in [0.717, 1.165) is 51.6 Å². The highest BCUT2D eigenvalue weighted by molar-refractivity contribution is 5.78. The lowest BCUT2D eigenvalue weighted by Crippen LogP contribution is -2.43. The average molecular weight is 254 g/mol. The minimum absolute atomic E-state index is 0.153. The minimum atomic E-state index is -0.153. The monoisotopic (exact) mass is 254 g/mol. The van der Waals surface area contributed by atoms with Gasteiger partial charge in [-0.3, -0.25) is 4.79 Å². The predicted molar refractivity (Wildman–Crippen MR) is 71.2 cm³/mol. The SMILES string of the molecule is CC1CC(C(=O)NCC2CCCC(O)C2)CCN1. The number of hydrogen-bond acceptors (Lipinski definition) is 3. The molecule has 1 saturated carbocycles. The molecular formula is C14H26N2O2. The van der Waals surface area contributed by atoms with Crippen LogP contribution < -0.4 is 10.6 Å². The highest BCUT2D eigenvalue weighted by atomic mass is 16.3. The summed E-state index contributed by atoms with van der Waals surface area (Å²) in [6.07, 6.45) is 5.74. The topological polar surface area (TPSA) is 61.4 Å². The zero-order chi connectivity index (χ0) is 13.0. The molecule has 2 rings (SSSR count). The van der Waals surface area contributed by atoms with Crippen molar-refractivity contribution in [2.45, 2.75) is 57.6 Å². The summed E-state index contributed by atoms with van der Waals surface area (Å²) >= 11 is 0. The van der Waals surface area contributed by atoms with Crippen LogP contribution in [0.3, 0.4) is 0 Å². The normalized spacial score (nSPS) is 37.2. The number of aliphatic hydroxyl groups is 1. The first-order valence-corrected chi connectivity index (χ1v) is 7.34. The molecule has 0 aromatic carbocycles. The predicted octanol–water partition coefficient (Wildman–Crippen LogP) is 1.04. The maximum atomic E-state index is 12.1. The summed E-state index contributed by atoms with van der Waals surface area (Å²) in [4.78, 5) is 12.1. The number of rotatable bonds is 3. The van der Waals surface area contributed by atoms with Crippen molar-refractivity contribution in [1.82, 2.24) is 10.6 Å². The molecule has 1 aliphatic carbocycles. The fraction of sp³-hybridized carbons (Fsp3) is 0.929. The molecule has 1 amide bonds. The molecule has 2 aliphatic rings. The Bertz CT molecular complexity index is 283. The van der Waals surface area contributed by atoms with Gasteiger partial charge in [0, 0.05) is 18.5 Å². The lowest BCUT2D eigenvalue weighted by Gasteiger charge is -2.29. The van der Waals surface area contributed by atoms with E-state index in [2.05, 4.69) is 17.6 Å². The van der Waals surface area contributed by atoms with Gasteiger partial charge in [0.2, 0.25) is 5.91 Å². The van der Waals surface area contributed by atoms with E-state index >= 15 is 0 Å². The molecule has 0 spiro atoms. The average Bonchev–Trinajstić information content (AvgIpc) is 2.36. The van der Waals surface area contributed by atoms with Gasteiger partial charge in [0.05, 0.1) is 6.10 Å². The summed E-state index contributed by atoms with van der Waals surface area (Å²) in [5.74, 6) is 0.856. The first-order valence-electron chi connectivity index (χ1n) is 7.34. The molecule has 4 nitrogen and oxygen atoms in total. The second-order valence-electron chi connectivity index (χ2n) is 6.01. The molecule has 0 aromatic heterocycles. The van der Waals surface area contributed by atoms with Crippen molar-refractivity contribution in [2.24, 2.45) is 11.8 Å². The smallest absolute Gasteiger partial charge is 0.223 e. The van der Waals surface area contributed by atoms with Crippen LogP contribution in [-0.2, 0) is 4.79 Å². The van der Waals surface area contributed by atoms with Gasteiger partial charge in [-0.2, -0.15) is 0 Å². The van der Waals surface area contributed by atoms with Gasteiger partial charge >= 0.3 is 0 Å². The first-order chi connectivity index (χ1) is 8.65. The van der Waals surface area contributed by atoms with Crippen LogP contribution in [0.2, 0.25) is 0 Å². The Balaban J connectivity index is 1.70.